The SMILES string of the molecule is CC(NC(=O)c1cccnc1Oc1cccc(Br)c1)c1cccs1. The predicted octanol–water partition coefficient (Wildman–Crippen LogP) is 5.19. The number of thiophene rings is 1. The average Bonchev–Trinajstić information content (AvgIpc) is 3.10. The number of ether oxygens (including phenoxy) is 1. The molecule has 0 fully saturated rings. The third kappa shape index (κ3) is 4.01. The molecule has 6 heteroatoms. The summed E-state index contributed by atoms with van der Waals surface area (Å²) in [6.07, 6.45) is 1.60. The van der Waals surface area contributed by atoms with E-state index < -0.39 is 0 Å². The van der Waals surface area contributed by atoms with Crippen LogP contribution in [0.2, 0.25) is 0 Å². The molecule has 0 radical (unpaired) electrons. The third-order valence-corrected chi connectivity index (χ3v) is 4.89. The second kappa shape index (κ2) is 7.59. The molecule has 3 rings (SSSR count). The van der Waals surface area contributed by atoms with E-state index in [2.05, 4.69) is 26.2 Å². The maximum Gasteiger partial charge on any atom is 0.257 e. The van der Waals surface area contributed by atoms with Crippen molar-refractivity contribution < 1.29 is 9.53 Å². The fraction of sp³-hybridized carbons (Fsp3) is 0.111. The van der Waals surface area contributed by atoms with Crippen molar-refractivity contribution in [2.45, 2.75) is 13.0 Å². The number of amides is 1. The van der Waals surface area contributed by atoms with Crippen LogP contribution in [-0.4, -0.2) is 10.9 Å². The van der Waals surface area contributed by atoms with Gasteiger partial charge in [-0.05, 0) is 48.7 Å². The zero-order chi connectivity index (χ0) is 16.9. The molecule has 2 aromatic heterocycles. The maximum absolute atomic E-state index is 12.6. The van der Waals surface area contributed by atoms with E-state index in [-0.39, 0.29) is 17.8 Å². The molecule has 3 aromatic rings. The molecular formula is C18H15BrN2O2S. The summed E-state index contributed by atoms with van der Waals surface area (Å²) in [4.78, 5) is 17.9. The van der Waals surface area contributed by atoms with Gasteiger partial charge < -0.3 is 10.1 Å². The molecule has 24 heavy (non-hydrogen) atoms. The lowest BCUT2D eigenvalue weighted by atomic mass is 10.2. The molecule has 122 valence electrons. The highest BCUT2D eigenvalue weighted by atomic mass is 79.9. The van der Waals surface area contributed by atoms with Crippen LogP contribution < -0.4 is 10.1 Å². The lowest BCUT2D eigenvalue weighted by molar-refractivity contribution is 0.0937. The summed E-state index contributed by atoms with van der Waals surface area (Å²) >= 11 is 5.01. The highest BCUT2D eigenvalue weighted by Crippen LogP contribution is 2.26. The molecule has 0 aliphatic heterocycles. The summed E-state index contributed by atoms with van der Waals surface area (Å²) in [5.41, 5.74) is 0.404. The van der Waals surface area contributed by atoms with Crippen molar-refractivity contribution in [1.82, 2.24) is 10.3 Å². The number of nitrogens with zero attached hydrogens (tertiary/aromatic N) is 1. The van der Waals surface area contributed by atoms with Gasteiger partial charge in [0, 0.05) is 15.5 Å². The fourth-order valence-corrected chi connectivity index (χ4v) is 3.28. The molecule has 1 N–H and O–H groups in total. The molecule has 2 heterocycles. The van der Waals surface area contributed by atoms with E-state index in [0.717, 1.165) is 9.35 Å². The highest BCUT2D eigenvalue weighted by molar-refractivity contribution is 9.10. The standard InChI is InChI=1S/C18H15BrN2O2S/c1-12(16-8-4-10-24-16)21-17(22)15-7-3-9-20-18(15)23-14-6-2-5-13(19)11-14/h2-12H,1H3,(H,21,22). The van der Waals surface area contributed by atoms with Crippen LogP contribution in [-0.2, 0) is 0 Å². The summed E-state index contributed by atoms with van der Waals surface area (Å²) in [6.45, 7) is 1.95. The van der Waals surface area contributed by atoms with Crippen molar-refractivity contribution in [1.29, 1.82) is 0 Å². The number of carbonyl (C=O) groups is 1. The molecule has 0 saturated heterocycles. The van der Waals surface area contributed by atoms with E-state index in [4.69, 9.17) is 4.74 Å². The molecule has 0 spiro atoms. The summed E-state index contributed by atoms with van der Waals surface area (Å²) in [5.74, 6) is 0.684. The summed E-state index contributed by atoms with van der Waals surface area (Å²) in [6, 6.07) is 14.7. The van der Waals surface area contributed by atoms with Crippen LogP contribution >= 0.6 is 27.3 Å². The van der Waals surface area contributed by atoms with E-state index in [1.807, 2.05) is 48.7 Å². The molecule has 0 aliphatic carbocycles. The Morgan fingerprint density at radius 3 is 2.88 bits per heavy atom. The van der Waals surface area contributed by atoms with Crippen molar-refractivity contribution in [2.24, 2.45) is 0 Å². The van der Waals surface area contributed by atoms with Crippen LogP contribution in [0.4, 0.5) is 0 Å². The zero-order valence-electron chi connectivity index (χ0n) is 12.9. The van der Waals surface area contributed by atoms with Crippen molar-refractivity contribution >= 4 is 33.2 Å². The van der Waals surface area contributed by atoms with Crippen LogP contribution in [0.5, 0.6) is 11.6 Å². The smallest absolute Gasteiger partial charge is 0.257 e. The monoisotopic (exact) mass is 402 g/mol. The van der Waals surface area contributed by atoms with Crippen molar-refractivity contribution in [3.05, 3.63) is 75.0 Å². The second-order valence-electron chi connectivity index (χ2n) is 5.13. The first-order valence-corrected chi connectivity index (χ1v) is 9.03. The number of rotatable bonds is 5. The minimum absolute atomic E-state index is 0.0728. The Hall–Kier alpha value is -2.18. The van der Waals surface area contributed by atoms with E-state index in [1.165, 1.54) is 0 Å². The number of benzene rings is 1. The van der Waals surface area contributed by atoms with Gasteiger partial charge in [0.1, 0.15) is 11.3 Å². The molecule has 1 atom stereocenters. The fourth-order valence-electron chi connectivity index (χ4n) is 2.17. The van der Waals surface area contributed by atoms with Gasteiger partial charge in [0.15, 0.2) is 0 Å². The number of hydrogen-bond donors (Lipinski definition) is 1. The maximum atomic E-state index is 12.6. The Morgan fingerprint density at radius 2 is 2.12 bits per heavy atom. The van der Waals surface area contributed by atoms with E-state index in [0.29, 0.717) is 11.3 Å². The first-order valence-electron chi connectivity index (χ1n) is 7.36. The van der Waals surface area contributed by atoms with Crippen LogP contribution in [0.15, 0.2) is 64.6 Å². The molecule has 1 unspecified atom stereocenters. The Kier molecular flexibility index (Phi) is 5.27. The van der Waals surface area contributed by atoms with E-state index in [9.17, 15) is 4.79 Å². The summed E-state index contributed by atoms with van der Waals surface area (Å²) in [7, 11) is 0. The molecular weight excluding hydrogens is 388 g/mol. The molecule has 1 aromatic carbocycles. The van der Waals surface area contributed by atoms with Gasteiger partial charge in [-0.3, -0.25) is 4.79 Å². The van der Waals surface area contributed by atoms with Gasteiger partial charge in [-0.15, -0.1) is 11.3 Å². The molecule has 0 aliphatic rings. The normalized spacial score (nSPS) is 11.8. The van der Waals surface area contributed by atoms with Gasteiger partial charge >= 0.3 is 0 Å². The Morgan fingerprint density at radius 1 is 1.25 bits per heavy atom. The van der Waals surface area contributed by atoms with Crippen LogP contribution in [0.25, 0.3) is 0 Å². The van der Waals surface area contributed by atoms with Crippen molar-refractivity contribution in [3.63, 3.8) is 0 Å². The van der Waals surface area contributed by atoms with E-state index in [1.54, 1.807) is 29.7 Å². The largest absolute Gasteiger partial charge is 0.438 e. The van der Waals surface area contributed by atoms with Gasteiger partial charge in [0.05, 0.1) is 6.04 Å². The van der Waals surface area contributed by atoms with Crippen LogP contribution in [0.3, 0.4) is 0 Å². The molecule has 0 bridgehead atoms. The first kappa shape index (κ1) is 16.7. The molecule has 0 saturated carbocycles. The summed E-state index contributed by atoms with van der Waals surface area (Å²) < 4.78 is 6.68. The Bertz CT molecular complexity index is 837. The Balaban J connectivity index is 1.79. The number of carbonyl (C=O) groups excluding carboxylic acids is 1. The molecule has 4 nitrogen and oxygen atoms in total. The van der Waals surface area contributed by atoms with Crippen LogP contribution in [0, 0.1) is 0 Å². The third-order valence-electron chi connectivity index (χ3n) is 3.34. The van der Waals surface area contributed by atoms with Gasteiger partial charge in [-0.1, -0.05) is 28.1 Å². The minimum Gasteiger partial charge on any atom is -0.438 e. The second-order valence-corrected chi connectivity index (χ2v) is 7.02. The number of nitrogens with one attached hydrogen (secondary N) is 1. The van der Waals surface area contributed by atoms with Gasteiger partial charge in [0.2, 0.25) is 5.88 Å². The number of halogens is 1. The summed E-state index contributed by atoms with van der Waals surface area (Å²) in [5, 5.41) is 4.97. The average molecular weight is 403 g/mol. The highest BCUT2D eigenvalue weighted by Gasteiger charge is 2.17. The predicted molar refractivity (Wildman–Crippen MR) is 98.7 cm³/mol. The lowest BCUT2D eigenvalue weighted by Gasteiger charge is -2.14. The first-order chi connectivity index (χ1) is 11.6. The topological polar surface area (TPSA) is 51.2 Å². The zero-order valence-corrected chi connectivity index (χ0v) is 15.3. The van der Waals surface area contributed by atoms with Gasteiger partial charge in [-0.25, -0.2) is 4.98 Å². The van der Waals surface area contributed by atoms with Crippen LogP contribution in [0.1, 0.15) is 28.2 Å². The lowest BCUT2D eigenvalue weighted by Crippen LogP contribution is -2.26. The van der Waals surface area contributed by atoms with Gasteiger partial charge in [0.25, 0.3) is 5.91 Å². The molecule has 1 amide bonds. The number of aromatic nitrogens is 1. The quantitative estimate of drug-likeness (QED) is 0.638. The van der Waals surface area contributed by atoms with Gasteiger partial charge in [-0.2, -0.15) is 0 Å². The Labute approximate surface area is 152 Å². The van der Waals surface area contributed by atoms with Crippen molar-refractivity contribution in [3.8, 4) is 11.6 Å². The number of hydrogen-bond acceptors (Lipinski definition) is 4. The van der Waals surface area contributed by atoms with E-state index >= 15 is 0 Å². The van der Waals surface area contributed by atoms with Crippen molar-refractivity contribution in [2.75, 3.05) is 0 Å². The minimum atomic E-state index is -0.214. The number of pyridine rings is 1.